The van der Waals surface area contributed by atoms with Crippen molar-refractivity contribution in [2.45, 2.75) is 12.6 Å². The number of hydrogen-bond acceptors (Lipinski definition) is 5. The Kier molecular flexibility index (Phi) is 5.63. The molecule has 1 aliphatic heterocycles. The van der Waals surface area contributed by atoms with Crippen molar-refractivity contribution in [2.75, 3.05) is 13.2 Å². The van der Waals surface area contributed by atoms with Crippen LogP contribution >= 0.6 is 27.3 Å². The fraction of sp³-hybridized carbons (Fsp3) is 0.160. The van der Waals surface area contributed by atoms with Crippen LogP contribution < -0.4 is 5.69 Å². The van der Waals surface area contributed by atoms with Gasteiger partial charge in [-0.1, -0.05) is 28.1 Å². The van der Waals surface area contributed by atoms with Gasteiger partial charge >= 0.3 is 5.69 Å². The summed E-state index contributed by atoms with van der Waals surface area (Å²) in [5, 5.41) is 6.88. The second-order valence-electron chi connectivity index (χ2n) is 8.29. The number of imidazole rings is 1. The lowest BCUT2D eigenvalue weighted by molar-refractivity contribution is -0.128. The maximum Gasteiger partial charge on any atom is 0.323 e. The van der Waals surface area contributed by atoms with Crippen LogP contribution in [0.2, 0.25) is 0 Å². The zero-order valence-electron chi connectivity index (χ0n) is 18.4. The molecular weight excluding hydrogens is 530 g/mol. The largest absolute Gasteiger partial charge is 0.344 e. The zero-order chi connectivity index (χ0) is 23.9. The van der Waals surface area contributed by atoms with Crippen LogP contribution in [0.25, 0.3) is 27.3 Å². The highest BCUT2D eigenvalue weighted by atomic mass is 79.9. The first-order valence-electron chi connectivity index (χ1n) is 11.1. The molecule has 35 heavy (non-hydrogen) atoms. The number of fused-ring (bicyclic) bond motifs is 1. The van der Waals surface area contributed by atoms with E-state index in [0.717, 1.165) is 42.9 Å². The van der Waals surface area contributed by atoms with Crippen LogP contribution in [0.5, 0.6) is 0 Å². The van der Waals surface area contributed by atoms with E-state index >= 15 is 0 Å². The van der Waals surface area contributed by atoms with Crippen molar-refractivity contribution in [1.29, 1.82) is 0 Å². The fourth-order valence-corrected chi connectivity index (χ4v) is 5.33. The van der Waals surface area contributed by atoms with Crippen LogP contribution in [0.15, 0.2) is 75.4 Å². The number of H-pyrrole nitrogens is 2. The summed E-state index contributed by atoms with van der Waals surface area (Å²) in [6.45, 7) is 0.513. The molecule has 4 heterocycles. The Hall–Kier alpha value is -3.47. The van der Waals surface area contributed by atoms with Crippen LogP contribution in [-0.2, 0) is 16.0 Å². The SMILES string of the molecule is O=C1COC(c2cn(-c3ccc(Br)cc3)nc2-c2cccs2)N1CCc1ccc2[nH]c(=O)[nH]c2c1. The predicted octanol–water partition coefficient (Wildman–Crippen LogP) is 4.63. The van der Waals surface area contributed by atoms with E-state index in [1.165, 1.54) is 0 Å². The summed E-state index contributed by atoms with van der Waals surface area (Å²) >= 11 is 5.08. The van der Waals surface area contributed by atoms with Gasteiger partial charge in [-0.2, -0.15) is 5.10 Å². The molecule has 0 bridgehead atoms. The van der Waals surface area contributed by atoms with Crippen LogP contribution in [0.4, 0.5) is 0 Å². The highest BCUT2D eigenvalue weighted by Gasteiger charge is 2.36. The third kappa shape index (κ3) is 4.24. The topological polar surface area (TPSA) is 96.0 Å². The molecule has 1 saturated heterocycles. The van der Waals surface area contributed by atoms with E-state index in [2.05, 4.69) is 25.9 Å². The zero-order valence-corrected chi connectivity index (χ0v) is 20.8. The standard InChI is InChI=1S/C25H20BrN5O3S/c26-16-4-6-17(7-5-16)31-13-18(23(29-31)21-2-1-11-35-21)24-30(22(32)14-34-24)10-9-15-3-8-19-20(12-15)28-25(33)27-19/h1-8,11-13,24H,9-10,14H2,(H2,27,28,33). The van der Waals surface area contributed by atoms with Crippen molar-refractivity contribution in [3.05, 3.63) is 92.3 Å². The first-order valence-corrected chi connectivity index (χ1v) is 12.7. The molecule has 0 aliphatic carbocycles. The first kappa shape index (κ1) is 22.0. The molecule has 176 valence electrons. The Morgan fingerprint density at radius 2 is 1.91 bits per heavy atom. The molecule has 5 aromatic rings. The van der Waals surface area contributed by atoms with Gasteiger partial charge < -0.3 is 19.6 Å². The Bertz CT molecular complexity index is 1570. The minimum atomic E-state index is -0.528. The average molecular weight is 550 g/mol. The number of nitrogens with one attached hydrogen (secondary N) is 2. The molecule has 0 saturated carbocycles. The molecule has 6 rings (SSSR count). The lowest BCUT2D eigenvalue weighted by Crippen LogP contribution is -2.30. The Morgan fingerprint density at radius 1 is 1.09 bits per heavy atom. The van der Waals surface area contributed by atoms with E-state index in [0.29, 0.717) is 13.0 Å². The van der Waals surface area contributed by atoms with E-state index in [-0.39, 0.29) is 18.2 Å². The van der Waals surface area contributed by atoms with Gasteiger partial charge in [-0.05, 0) is 59.8 Å². The number of ether oxygens (including phenoxy) is 1. The van der Waals surface area contributed by atoms with Gasteiger partial charge in [0.2, 0.25) is 0 Å². The maximum atomic E-state index is 12.8. The summed E-state index contributed by atoms with van der Waals surface area (Å²) in [5.74, 6) is -0.0559. The molecule has 8 nitrogen and oxygen atoms in total. The summed E-state index contributed by atoms with van der Waals surface area (Å²) in [4.78, 5) is 32.7. The predicted molar refractivity (Wildman–Crippen MR) is 138 cm³/mol. The minimum Gasteiger partial charge on any atom is -0.344 e. The molecule has 0 radical (unpaired) electrons. The fourth-order valence-electron chi connectivity index (χ4n) is 4.34. The second kappa shape index (κ2) is 8.95. The molecular formula is C25H20BrN5O3S. The number of thiophene rings is 1. The third-order valence-corrected chi connectivity index (χ3v) is 7.45. The summed E-state index contributed by atoms with van der Waals surface area (Å²) < 4.78 is 8.82. The molecule has 1 unspecified atom stereocenters. The first-order chi connectivity index (χ1) is 17.0. The molecule has 1 atom stereocenters. The number of carbonyl (C=O) groups excluding carboxylic acids is 1. The van der Waals surface area contributed by atoms with E-state index in [9.17, 15) is 9.59 Å². The smallest absolute Gasteiger partial charge is 0.323 e. The number of benzene rings is 2. The number of aromatic amines is 2. The monoisotopic (exact) mass is 549 g/mol. The summed E-state index contributed by atoms with van der Waals surface area (Å²) in [5.41, 5.74) is 4.88. The van der Waals surface area contributed by atoms with Gasteiger partial charge in [0.25, 0.3) is 5.91 Å². The highest BCUT2D eigenvalue weighted by molar-refractivity contribution is 9.10. The van der Waals surface area contributed by atoms with Gasteiger partial charge in [0, 0.05) is 22.8 Å². The molecule has 10 heteroatoms. The molecule has 2 aromatic carbocycles. The average Bonchev–Trinajstić information content (AvgIpc) is 3.63. The summed E-state index contributed by atoms with van der Waals surface area (Å²) in [6.07, 6.45) is 2.05. The molecule has 1 amide bonds. The minimum absolute atomic E-state index is 0.0299. The van der Waals surface area contributed by atoms with Gasteiger partial charge in [0.15, 0.2) is 6.23 Å². The van der Waals surface area contributed by atoms with Crippen LogP contribution in [-0.4, -0.2) is 43.7 Å². The Balaban J connectivity index is 1.32. The van der Waals surface area contributed by atoms with Crippen LogP contribution in [0, 0.1) is 0 Å². The van der Waals surface area contributed by atoms with Gasteiger partial charge in [0.05, 0.1) is 21.6 Å². The van der Waals surface area contributed by atoms with Gasteiger partial charge in [-0.15, -0.1) is 11.3 Å². The Morgan fingerprint density at radius 3 is 2.71 bits per heavy atom. The molecule has 3 aromatic heterocycles. The lowest BCUT2D eigenvalue weighted by Gasteiger charge is -2.23. The van der Waals surface area contributed by atoms with Crippen molar-refractivity contribution in [2.24, 2.45) is 0 Å². The van der Waals surface area contributed by atoms with Crippen molar-refractivity contribution < 1.29 is 9.53 Å². The third-order valence-electron chi connectivity index (χ3n) is 6.04. The van der Waals surface area contributed by atoms with Crippen LogP contribution in [0.3, 0.4) is 0 Å². The normalized spacial score (nSPS) is 16.0. The second-order valence-corrected chi connectivity index (χ2v) is 10.2. The summed E-state index contributed by atoms with van der Waals surface area (Å²) in [7, 11) is 0. The van der Waals surface area contributed by atoms with E-state index < -0.39 is 6.23 Å². The number of hydrogen-bond donors (Lipinski definition) is 2. The van der Waals surface area contributed by atoms with Gasteiger partial charge in [0.1, 0.15) is 12.3 Å². The van der Waals surface area contributed by atoms with E-state index in [1.54, 1.807) is 16.2 Å². The number of amides is 1. The molecule has 1 aliphatic rings. The number of carbonyl (C=O) groups is 1. The van der Waals surface area contributed by atoms with Crippen molar-refractivity contribution in [3.8, 4) is 16.3 Å². The van der Waals surface area contributed by atoms with Crippen molar-refractivity contribution in [1.82, 2.24) is 24.6 Å². The Labute approximate surface area is 212 Å². The molecule has 2 N–H and O–H groups in total. The van der Waals surface area contributed by atoms with Crippen molar-refractivity contribution >= 4 is 44.2 Å². The molecule has 1 fully saturated rings. The number of aromatic nitrogens is 4. The van der Waals surface area contributed by atoms with E-state index in [4.69, 9.17) is 9.84 Å². The number of halogens is 1. The number of rotatable bonds is 6. The quantitative estimate of drug-likeness (QED) is 0.322. The van der Waals surface area contributed by atoms with Gasteiger partial charge in [-0.3, -0.25) is 4.79 Å². The summed E-state index contributed by atoms with van der Waals surface area (Å²) in [6, 6.07) is 17.7. The molecule has 0 spiro atoms. The van der Waals surface area contributed by atoms with Gasteiger partial charge in [-0.25, -0.2) is 9.48 Å². The van der Waals surface area contributed by atoms with Crippen molar-refractivity contribution in [3.63, 3.8) is 0 Å². The van der Waals surface area contributed by atoms with Crippen LogP contribution in [0.1, 0.15) is 17.4 Å². The van der Waals surface area contributed by atoms with E-state index in [1.807, 2.05) is 70.9 Å². The number of nitrogens with zero attached hydrogens (tertiary/aromatic N) is 3. The maximum absolute atomic E-state index is 12.8. The lowest BCUT2D eigenvalue weighted by atomic mass is 10.1. The highest BCUT2D eigenvalue weighted by Crippen LogP contribution is 2.37.